The molecule has 0 aromatic heterocycles. The first kappa shape index (κ1) is 17.4. The zero-order valence-electron chi connectivity index (χ0n) is 14.5. The summed E-state index contributed by atoms with van der Waals surface area (Å²) in [5.41, 5.74) is 0.377. The first-order valence-corrected chi connectivity index (χ1v) is 8.52. The molecule has 0 amide bonds. The molecule has 28 heavy (non-hydrogen) atoms. The zero-order valence-corrected chi connectivity index (χ0v) is 14.5. The van der Waals surface area contributed by atoms with Crippen LogP contribution >= 0.6 is 0 Å². The average Bonchev–Trinajstić information content (AvgIpc) is 2.71. The standard InChI is InChI=1S/C23H14O5/c24-21(16-6-5-13-3-1-2-4-14(13)11-16)20-18-9-8-17(22(25)26)12-15(18)7-10-19(20)23(27)28/h1-12H,(H,25,26)(H,27,28). The molecule has 0 aliphatic heterocycles. The van der Waals surface area contributed by atoms with Crippen molar-refractivity contribution in [2.24, 2.45) is 0 Å². The summed E-state index contributed by atoms with van der Waals surface area (Å²) in [6.07, 6.45) is 0. The van der Waals surface area contributed by atoms with Gasteiger partial charge in [0.25, 0.3) is 0 Å². The second-order valence-electron chi connectivity index (χ2n) is 6.43. The lowest BCUT2D eigenvalue weighted by Gasteiger charge is -2.11. The number of benzene rings is 4. The van der Waals surface area contributed by atoms with E-state index in [1.165, 1.54) is 30.3 Å². The maximum Gasteiger partial charge on any atom is 0.336 e. The molecule has 4 rings (SSSR count). The van der Waals surface area contributed by atoms with Gasteiger partial charge in [-0.15, -0.1) is 0 Å². The molecule has 4 aromatic rings. The lowest BCUT2D eigenvalue weighted by molar-refractivity contribution is 0.0684. The molecule has 0 atom stereocenters. The Bertz CT molecular complexity index is 1290. The van der Waals surface area contributed by atoms with Gasteiger partial charge in [0, 0.05) is 11.1 Å². The van der Waals surface area contributed by atoms with Gasteiger partial charge in [-0.3, -0.25) is 4.79 Å². The maximum absolute atomic E-state index is 13.3. The van der Waals surface area contributed by atoms with E-state index >= 15 is 0 Å². The second kappa shape index (κ2) is 6.63. The quantitative estimate of drug-likeness (QED) is 0.512. The van der Waals surface area contributed by atoms with E-state index in [2.05, 4.69) is 0 Å². The second-order valence-corrected chi connectivity index (χ2v) is 6.43. The monoisotopic (exact) mass is 370 g/mol. The van der Waals surface area contributed by atoms with Gasteiger partial charge in [-0.25, -0.2) is 9.59 Å². The molecular formula is C23H14O5. The highest BCUT2D eigenvalue weighted by Crippen LogP contribution is 2.28. The van der Waals surface area contributed by atoms with Gasteiger partial charge in [0.2, 0.25) is 0 Å². The fourth-order valence-electron chi connectivity index (χ4n) is 3.36. The topological polar surface area (TPSA) is 91.7 Å². The Labute approximate surface area is 159 Å². The number of fused-ring (bicyclic) bond motifs is 2. The van der Waals surface area contributed by atoms with Crippen molar-refractivity contribution in [3.8, 4) is 0 Å². The molecule has 0 radical (unpaired) electrons. The number of carboxylic acids is 2. The molecule has 0 heterocycles. The largest absolute Gasteiger partial charge is 0.478 e. The van der Waals surface area contributed by atoms with E-state index < -0.39 is 17.7 Å². The SMILES string of the molecule is O=C(O)c1ccc2c(C(=O)c3ccc4ccccc4c3)c(C(=O)O)ccc2c1. The first-order chi connectivity index (χ1) is 13.5. The first-order valence-electron chi connectivity index (χ1n) is 8.52. The zero-order chi connectivity index (χ0) is 19.8. The molecular weight excluding hydrogens is 356 g/mol. The molecule has 0 bridgehead atoms. The van der Waals surface area contributed by atoms with E-state index in [0.717, 1.165) is 10.8 Å². The number of carbonyl (C=O) groups excluding carboxylic acids is 1. The van der Waals surface area contributed by atoms with Crippen molar-refractivity contribution in [2.75, 3.05) is 0 Å². The van der Waals surface area contributed by atoms with Gasteiger partial charge in [0.1, 0.15) is 0 Å². The summed E-state index contributed by atoms with van der Waals surface area (Å²) < 4.78 is 0. The molecule has 0 saturated heterocycles. The third kappa shape index (κ3) is 2.89. The molecule has 0 aliphatic rings. The van der Waals surface area contributed by atoms with Crippen LogP contribution in [-0.4, -0.2) is 27.9 Å². The summed E-state index contributed by atoms with van der Waals surface area (Å²) >= 11 is 0. The van der Waals surface area contributed by atoms with E-state index in [-0.39, 0.29) is 16.7 Å². The van der Waals surface area contributed by atoms with Crippen LogP contribution in [0.4, 0.5) is 0 Å². The van der Waals surface area contributed by atoms with Gasteiger partial charge in [0.15, 0.2) is 5.78 Å². The van der Waals surface area contributed by atoms with Crippen LogP contribution < -0.4 is 0 Å². The Morgan fingerprint density at radius 2 is 1.25 bits per heavy atom. The van der Waals surface area contributed by atoms with Crippen LogP contribution in [0.2, 0.25) is 0 Å². The summed E-state index contributed by atoms with van der Waals surface area (Å²) in [4.78, 5) is 36.2. The minimum Gasteiger partial charge on any atom is -0.478 e. The van der Waals surface area contributed by atoms with Crippen molar-refractivity contribution < 1.29 is 24.6 Å². The number of ketones is 1. The number of rotatable bonds is 4. The fourth-order valence-corrected chi connectivity index (χ4v) is 3.36. The van der Waals surface area contributed by atoms with E-state index in [0.29, 0.717) is 16.3 Å². The molecule has 5 heteroatoms. The number of aromatic carboxylic acids is 2. The Morgan fingerprint density at radius 3 is 1.96 bits per heavy atom. The number of carboxylic acid groups (broad SMARTS) is 2. The predicted octanol–water partition coefficient (Wildman–Crippen LogP) is 4.62. The molecule has 4 aromatic carbocycles. The highest BCUT2D eigenvalue weighted by Gasteiger charge is 2.22. The van der Waals surface area contributed by atoms with Crippen molar-refractivity contribution >= 4 is 39.3 Å². The summed E-state index contributed by atoms with van der Waals surface area (Å²) in [5.74, 6) is -2.73. The smallest absolute Gasteiger partial charge is 0.336 e. The van der Waals surface area contributed by atoms with Crippen LogP contribution in [0.1, 0.15) is 36.6 Å². The third-order valence-corrected chi connectivity index (χ3v) is 4.74. The van der Waals surface area contributed by atoms with Crippen LogP contribution in [0.25, 0.3) is 21.5 Å². The van der Waals surface area contributed by atoms with Gasteiger partial charge >= 0.3 is 11.9 Å². The van der Waals surface area contributed by atoms with Crippen LogP contribution in [0, 0.1) is 0 Å². The predicted molar refractivity (Wildman–Crippen MR) is 105 cm³/mol. The molecule has 2 N–H and O–H groups in total. The summed E-state index contributed by atoms with van der Waals surface area (Å²) in [6.45, 7) is 0. The highest BCUT2D eigenvalue weighted by atomic mass is 16.4. The molecule has 0 spiro atoms. The molecule has 0 aliphatic carbocycles. The van der Waals surface area contributed by atoms with E-state index in [4.69, 9.17) is 0 Å². The fraction of sp³-hybridized carbons (Fsp3) is 0. The normalized spacial score (nSPS) is 10.9. The van der Waals surface area contributed by atoms with Crippen molar-refractivity contribution in [1.29, 1.82) is 0 Å². The summed E-state index contributed by atoms with van der Waals surface area (Å²) in [6, 6.07) is 19.9. The van der Waals surface area contributed by atoms with Gasteiger partial charge in [-0.2, -0.15) is 0 Å². The molecule has 0 unspecified atom stereocenters. The minimum absolute atomic E-state index is 0.0530. The molecule has 5 nitrogen and oxygen atoms in total. The number of carbonyl (C=O) groups is 3. The third-order valence-electron chi connectivity index (χ3n) is 4.74. The highest BCUT2D eigenvalue weighted by molar-refractivity contribution is 6.22. The molecule has 0 saturated carbocycles. The van der Waals surface area contributed by atoms with Gasteiger partial charge in [-0.1, -0.05) is 48.5 Å². The van der Waals surface area contributed by atoms with Gasteiger partial charge in [0.05, 0.1) is 11.1 Å². The van der Waals surface area contributed by atoms with Crippen LogP contribution in [0.3, 0.4) is 0 Å². The Hall–Kier alpha value is -3.99. The Balaban J connectivity index is 1.96. The Kier molecular flexibility index (Phi) is 4.12. The van der Waals surface area contributed by atoms with Crippen molar-refractivity contribution in [1.82, 2.24) is 0 Å². The van der Waals surface area contributed by atoms with Gasteiger partial charge in [-0.05, 0) is 45.8 Å². The molecule has 0 fully saturated rings. The molecule has 136 valence electrons. The van der Waals surface area contributed by atoms with Crippen molar-refractivity contribution in [2.45, 2.75) is 0 Å². The Morgan fingerprint density at radius 1 is 0.607 bits per heavy atom. The van der Waals surface area contributed by atoms with Crippen LogP contribution in [-0.2, 0) is 0 Å². The summed E-state index contributed by atoms with van der Waals surface area (Å²) in [5, 5.41) is 21.5. The van der Waals surface area contributed by atoms with E-state index in [1.807, 2.05) is 30.3 Å². The van der Waals surface area contributed by atoms with E-state index in [9.17, 15) is 24.6 Å². The van der Waals surface area contributed by atoms with Gasteiger partial charge < -0.3 is 10.2 Å². The average molecular weight is 370 g/mol. The number of hydrogen-bond donors (Lipinski definition) is 2. The van der Waals surface area contributed by atoms with E-state index in [1.54, 1.807) is 12.1 Å². The number of hydrogen-bond acceptors (Lipinski definition) is 3. The van der Waals surface area contributed by atoms with Crippen LogP contribution in [0.15, 0.2) is 72.8 Å². The lowest BCUT2D eigenvalue weighted by atomic mass is 9.91. The van der Waals surface area contributed by atoms with Crippen molar-refractivity contribution in [3.05, 3.63) is 95.1 Å². The summed E-state index contributed by atoms with van der Waals surface area (Å²) in [7, 11) is 0. The van der Waals surface area contributed by atoms with Crippen molar-refractivity contribution in [3.63, 3.8) is 0 Å². The minimum atomic E-state index is -1.21. The maximum atomic E-state index is 13.3. The lowest BCUT2D eigenvalue weighted by Crippen LogP contribution is -2.11. The van der Waals surface area contributed by atoms with Crippen LogP contribution in [0.5, 0.6) is 0 Å².